The van der Waals surface area contributed by atoms with Crippen LogP contribution in [0.2, 0.25) is 5.02 Å². The van der Waals surface area contributed by atoms with Gasteiger partial charge in [0, 0.05) is 11.1 Å². The van der Waals surface area contributed by atoms with E-state index in [1.165, 1.54) is 0 Å². The summed E-state index contributed by atoms with van der Waals surface area (Å²) in [5, 5.41) is 3.84. The highest BCUT2D eigenvalue weighted by Crippen LogP contribution is 2.36. The van der Waals surface area contributed by atoms with Crippen LogP contribution in [0.15, 0.2) is 41.4 Å². The first-order valence-corrected chi connectivity index (χ1v) is 8.81. The molecule has 1 aliphatic rings. The van der Waals surface area contributed by atoms with Crippen LogP contribution in [0.4, 0.5) is 5.69 Å². The Morgan fingerprint density at radius 2 is 2.14 bits per heavy atom. The van der Waals surface area contributed by atoms with Gasteiger partial charge in [0.15, 0.2) is 9.84 Å². The minimum atomic E-state index is -3.23. The number of aromatic nitrogens is 1. The smallest absolute Gasteiger partial charge is 0.213 e. The van der Waals surface area contributed by atoms with Gasteiger partial charge in [-0.15, -0.1) is 0 Å². The summed E-state index contributed by atoms with van der Waals surface area (Å²) in [6.07, 6.45) is 2.15. The van der Waals surface area contributed by atoms with Crippen molar-refractivity contribution in [2.45, 2.75) is 17.4 Å². The van der Waals surface area contributed by atoms with Gasteiger partial charge < -0.3 is 10.1 Å². The molecule has 2 aromatic rings. The molecule has 3 rings (SSSR count). The summed E-state index contributed by atoms with van der Waals surface area (Å²) >= 11 is 6.03. The number of benzene rings is 1. The van der Waals surface area contributed by atoms with E-state index >= 15 is 0 Å². The van der Waals surface area contributed by atoms with E-state index in [2.05, 4.69) is 10.3 Å². The van der Waals surface area contributed by atoms with Gasteiger partial charge in [-0.3, -0.25) is 0 Å². The van der Waals surface area contributed by atoms with Crippen molar-refractivity contribution in [1.82, 2.24) is 4.98 Å². The van der Waals surface area contributed by atoms with Crippen molar-refractivity contribution in [2.24, 2.45) is 0 Å². The molecule has 5 nitrogen and oxygen atoms in total. The number of pyridine rings is 1. The second kappa shape index (κ2) is 5.78. The zero-order valence-electron chi connectivity index (χ0n) is 11.9. The second-order valence-corrected chi connectivity index (χ2v) is 7.59. The van der Waals surface area contributed by atoms with Crippen molar-refractivity contribution in [3.05, 3.63) is 47.1 Å². The Morgan fingerprint density at radius 1 is 1.32 bits per heavy atom. The number of nitrogens with one attached hydrogen (secondary N) is 1. The van der Waals surface area contributed by atoms with Crippen LogP contribution in [0.25, 0.3) is 0 Å². The number of ether oxygens (including phenoxy) is 1. The lowest BCUT2D eigenvalue weighted by molar-refractivity contribution is 0.398. The number of rotatable bonds is 3. The topological polar surface area (TPSA) is 68.3 Å². The molecule has 0 saturated carbocycles. The molecule has 7 heteroatoms. The Bertz CT molecular complexity index is 791. The van der Waals surface area contributed by atoms with E-state index < -0.39 is 9.84 Å². The predicted octanol–water partition coefficient (Wildman–Crippen LogP) is 3.07. The van der Waals surface area contributed by atoms with Gasteiger partial charge in [-0.05, 0) is 36.2 Å². The Balaban J connectivity index is 1.93. The fourth-order valence-electron chi connectivity index (χ4n) is 2.55. The van der Waals surface area contributed by atoms with Crippen molar-refractivity contribution < 1.29 is 13.2 Å². The molecule has 2 heterocycles. The maximum absolute atomic E-state index is 12.2. The number of fused-ring (bicyclic) bond motifs is 1. The maximum Gasteiger partial charge on any atom is 0.213 e. The Hall–Kier alpha value is -1.79. The van der Waals surface area contributed by atoms with E-state index in [0.717, 1.165) is 5.69 Å². The van der Waals surface area contributed by atoms with Crippen LogP contribution in [-0.4, -0.2) is 26.3 Å². The minimum Gasteiger partial charge on any atom is -0.481 e. The first-order chi connectivity index (χ1) is 10.5. The SMILES string of the molecule is COc1ccc(N[C@H]2CCS(=O)(=O)c3ccc(Cl)cc32)cn1. The van der Waals surface area contributed by atoms with Gasteiger partial charge in [0.2, 0.25) is 5.88 Å². The van der Waals surface area contributed by atoms with E-state index in [1.54, 1.807) is 37.6 Å². The van der Waals surface area contributed by atoms with Gasteiger partial charge in [-0.1, -0.05) is 11.6 Å². The van der Waals surface area contributed by atoms with Crippen LogP contribution in [0.3, 0.4) is 0 Å². The molecule has 1 aromatic heterocycles. The minimum absolute atomic E-state index is 0.114. The third-order valence-corrected chi connectivity index (χ3v) is 5.69. The number of nitrogens with zero attached hydrogens (tertiary/aromatic N) is 1. The molecule has 1 atom stereocenters. The summed E-state index contributed by atoms with van der Waals surface area (Å²) in [5.41, 5.74) is 1.51. The largest absolute Gasteiger partial charge is 0.481 e. The summed E-state index contributed by atoms with van der Waals surface area (Å²) in [5.74, 6) is 0.642. The molecule has 0 spiro atoms. The van der Waals surface area contributed by atoms with Crippen molar-refractivity contribution in [3.8, 4) is 5.88 Å². The first kappa shape index (κ1) is 15.1. The van der Waals surface area contributed by atoms with Gasteiger partial charge in [-0.25, -0.2) is 13.4 Å². The second-order valence-electron chi connectivity index (χ2n) is 5.08. The van der Waals surface area contributed by atoms with E-state index in [0.29, 0.717) is 27.8 Å². The summed E-state index contributed by atoms with van der Waals surface area (Å²) in [6, 6.07) is 8.37. The van der Waals surface area contributed by atoms with Crippen LogP contribution in [-0.2, 0) is 9.84 Å². The van der Waals surface area contributed by atoms with E-state index in [1.807, 2.05) is 6.07 Å². The highest BCUT2D eigenvalue weighted by Gasteiger charge is 2.30. The van der Waals surface area contributed by atoms with E-state index in [9.17, 15) is 8.42 Å². The van der Waals surface area contributed by atoms with Crippen molar-refractivity contribution in [3.63, 3.8) is 0 Å². The molecule has 0 unspecified atom stereocenters. The number of anilines is 1. The predicted molar refractivity (Wildman–Crippen MR) is 85.3 cm³/mol. The summed E-state index contributed by atoms with van der Waals surface area (Å²) < 4.78 is 29.4. The number of hydrogen-bond acceptors (Lipinski definition) is 5. The highest BCUT2D eigenvalue weighted by molar-refractivity contribution is 7.91. The van der Waals surface area contributed by atoms with Gasteiger partial charge in [0.1, 0.15) is 0 Å². The van der Waals surface area contributed by atoms with Crippen LogP contribution < -0.4 is 10.1 Å². The first-order valence-electron chi connectivity index (χ1n) is 6.78. The number of halogens is 1. The summed E-state index contributed by atoms with van der Waals surface area (Å²) in [7, 11) is -1.67. The van der Waals surface area contributed by atoms with Crippen LogP contribution >= 0.6 is 11.6 Å². The van der Waals surface area contributed by atoms with Gasteiger partial charge in [0.05, 0.1) is 35.7 Å². The maximum atomic E-state index is 12.2. The Kier molecular flexibility index (Phi) is 3.97. The molecule has 0 fully saturated rings. The molecule has 0 aliphatic carbocycles. The average molecular weight is 339 g/mol. The van der Waals surface area contributed by atoms with Crippen LogP contribution in [0.1, 0.15) is 18.0 Å². The molecule has 22 heavy (non-hydrogen) atoms. The van der Waals surface area contributed by atoms with Crippen molar-refractivity contribution >= 4 is 27.1 Å². The monoisotopic (exact) mass is 338 g/mol. The number of methoxy groups -OCH3 is 1. The van der Waals surface area contributed by atoms with Crippen LogP contribution in [0.5, 0.6) is 5.88 Å². The van der Waals surface area contributed by atoms with Crippen molar-refractivity contribution in [1.29, 1.82) is 0 Å². The Labute approximate surface area is 134 Å². The number of hydrogen-bond donors (Lipinski definition) is 1. The summed E-state index contributed by atoms with van der Waals surface area (Å²) in [6.45, 7) is 0. The van der Waals surface area contributed by atoms with Crippen molar-refractivity contribution in [2.75, 3.05) is 18.2 Å². The third-order valence-electron chi connectivity index (χ3n) is 3.64. The van der Waals surface area contributed by atoms with Gasteiger partial charge >= 0.3 is 0 Å². The molecular formula is C15H15ClN2O3S. The Morgan fingerprint density at radius 3 is 2.82 bits per heavy atom. The molecule has 116 valence electrons. The molecule has 1 N–H and O–H groups in total. The molecule has 0 radical (unpaired) electrons. The fourth-order valence-corrected chi connectivity index (χ4v) is 4.33. The lowest BCUT2D eigenvalue weighted by atomic mass is 10.0. The highest BCUT2D eigenvalue weighted by atomic mass is 35.5. The quantitative estimate of drug-likeness (QED) is 0.931. The number of sulfone groups is 1. The zero-order valence-corrected chi connectivity index (χ0v) is 13.5. The van der Waals surface area contributed by atoms with Gasteiger partial charge in [0.25, 0.3) is 0 Å². The zero-order chi connectivity index (χ0) is 15.7. The standard InChI is InChI=1S/C15H15ClN2O3S/c1-21-15-5-3-11(9-17-15)18-13-6-7-22(19,20)14-4-2-10(16)8-12(13)14/h2-5,8-9,13,18H,6-7H2,1H3/t13-/m0/s1. The molecular weight excluding hydrogens is 324 g/mol. The lowest BCUT2D eigenvalue weighted by Crippen LogP contribution is -2.24. The average Bonchev–Trinajstić information content (AvgIpc) is 2.51. The van der Waals surface area contributed by atoms with E-state index in [-0.39, 0.29) is 11.8 Å². The fraction of sp³-hybridized carbons (Fsp3) is 0.267. The normalized spacial score (nSPS) is 19.3. The molecule has 0 saturated heterocycles. The lowest BCUT2D eigenvalue weighted by Gasteiger charge is -2.27. The van der Waals surface area contributed by atoms with Gasteiger partial charge in [-0.2, -0.15) is 0 Å². The summed E-state index contributed by atoms with van der Waals surface area (Å²) in [4.78, 5) is 4.48. The molecule has 1 aromatic carbocycles. The molecule has 0 amide bonds. The van der Waals surface area contributed by atoms with E-state index in [4.69, 9.17) is 16.3 Å². The third kappa shape index (κ3) is 2.89. The molecule has 0 bridgehead atoms. The molecule has 1 aliphatic heterocycles. The van der Waals surface area contributed by atoms with Crippen LogP contribution in [0, 0.1) is 0 Å².